The standard InChI is InChI=1S/C8H10ClN3O/c1-2-13-6-5-11-8-7(9)10-3-4-12(6)8/h3-4,6H,2,5H2,1H3. The molecule has 0 fully saturated rings. The molecule has 0 saturated heterocycles. The Morgan fingerprint density at radius 2 is 2.62 bits per heavy atom. The van der Waals surface area contributed by atoms with Crippen LogP contribution in [0.2, 0.25) is 0 Å². The Bertz CT molecular complexity index is 298. The van der Waals surface area contributed by atoms with E-state index < -0.39 is 0 Å². The van der Waals surface area contributed by atoms with E-state index in [0.29, 0.717) is 24.2 Å². The van der Waals surface area contributed by atoms with Gasteiger partial charge in [-0.25, -0.2) is 4.99 Å². The summed E-state index contributed by atoms with van der Waals surface area (Å²) in [7, 11) is 0. The number of fused-ring (bicyclic) bond motifs is 1. The van der Waals surface area contributed by atoms with Crippen LogP contribution in [0, 0.1) is 0 Å². The van der Waals surface area contributed by atoms with Gasteiger partial charge in [-0.3, -0.25) is 4.99 Å². The van der Waals surface area contributed by atoms with E-state index in [0.717, 1.165) is 0 Å². The van der Waals surface area contributed by atoms with Gasteiger partial charge in [-0.15, -0.1) is 0 Å². The van der Waals surface area contributed by atoms with Gasteiger partial charge in [0.2, 0.25) is 0 Å². The Kier molecular flexibility index (Phi) is 2.33. The van der Waals surface area contributed by atoms with Crippen molar-refractivity contribution in [2.24, 2.45) is 9.98 Å². The lowest BCUT2D eigenvalue weighted by atomic mass is 10.4. The van der Waals surface area contributed by atoms with E-state index >= 15 is 0 Å². The molecule has 2 aliphatic heterocycles. The Morgan fingerprint density at radius 3 is 3.38 bits per heavy atom. The predicted octanol–water partition coefficient (Wildman–Crippen LogP) is 1.19. The summed E-state index contributed by atoms with van der Waals surface area (Å²) in [6, 6.07) is 0. The van der Waals surface area contributed by atoms with Crippen molar-refractivity contribution in [3.63, 3.8) is 0 Å². The summed E-state index contributed by atoms with van der Waals surface area (Å²) in [4.78, 5) is 10.1. The van der Waals surface area contributed by atoms with Crippen molar-refractivity contribution >= 4 is 22.6 Å². The van der Waals surface area contributed by atoms with Crippen molar-refractivity contribution in [2.45, 2.75) is 13.2 Å². The molecule has 1 atom stereocenters. The third-order valence-electron chi connectivity index (χ3n) is 1.91. The maximum atomic E-state index is 5.85. The topological polar surface area (TPSA) is 37.2 Å². The van der Waals surface area contributed by atoms with Crippen LogP contribution in [0.5, 0.6) is 0 Å². The molecule has 0 bridgehead atoms. The van der Waals surface area contributed by atoms with Crippen LogP contribution in [-0.4, -0.2) is 35.3 Å². The number of hydrogen-bond donors (Lipinski definition) is 0. The number of halogens is 1. The average molecular weight is 200 g/mol. The summed E-state index contributed by atoms with van der Waals surface area (Å²) in [5.74, 6) is 0.711. The second-order valence-corrected chi connectivity index (χ2v) is 3.06. The number of rotatable bonds is 2. The quantitative estimate of drug-likeness (QED) is 0.670. The molecule has 0 aliphatic carbocycles. The van der Waals surface area contributed by atoms with E-state index in [4.69, 9.17) is 16.3 Å². The van der Waals surface area contributed by atoms with Crippen LogP contribution in [0.25, 0.3) is 0 Å². The summed E-state index contributed by atoms with van der Waals surface area (Å²) < 4.78 is 5.47. The normalized spacial score (nSPS) is 25.7. The van der Waals surface area contributed by atoms with E-state index in [9.17, 15) is 0 Å². The van der Waals surface area contributed by atoms with Gasteiger partial charge in [-0.05, 0) is 6.92 Å². The van der Waals surface area contributed by atoms with Crippen LogP contribution >= 0.6 is 11.6 Å². The lowest BCUT2D eigenvalue weighted by Gasteiger charge is -2.24. The minimum absolute atomic E-state index is 0.0134. The fraction of sp³-hybridized carbons (Fsp3) is 0.500. The molecule has 0 aromatic carbocycles. The van der Waals surface area contributed by atoms with E-state index in [1.165, 1.54) is 0 Å². The van der Waals surface area contributed by atoms with Gasteiger partial charge in [0.25, 0.3) is 0 Å². The predicted molar refractivity (Wildman–Crippen MR) is 52.0 cm³/mol. The molecule has 0 radical (unpaired) electrons. The van der Waals surface area contributed by atoms with Crippen molar-refractivity contribution in [1.29, 1.82) is 0 Å². The highest BCUT2D eigenvalue weighted by molar-refractivity contribution is 6.83. The maximum Gasteiger partial charge on any atom is 0.171 e. The van der Waals surface area contributed by atoms with Crippen LogP contribution < -0.4 is 0 Å². The fourth-order valence-electron chi connectivity index (χ4n) is 1.36. The molecule has 13 heavy (non-hydrogen) atoms. The van der Waals surface area contributed by atoms with E-state index in [-0.39, 0.29) is 6.23 Å². The lowest BCUT2D eigenvalue weighted by molar-refractivity contribution is 0.0156. The van der Waals surface area contributed by atoms with Crippen LogP contribution in [0.4, 0.5) is 0 Å². The number of ether oxygens (including phenoxy) is 1. The maximum absolute atomic E-state index is 5.85. The van der Waals surface area contributed by atoms with Crippen LogP contribution in [0.15, 0.2) is 22.4 Å². The zero-order chi connectivity index (χ0) is 9.26. The van der Waals surface area contributed by atoms with Crippen molar-refractivity contribution in [1.82, 2.24) is 4.90 Å². The monoisotopic (exact) mass is 199 g/mol. The van der Waals surface area contributed by atoms with Crippen molar-refractivity contribution in [3.05, 3.63) is 12.4 Å². The highest BCUT2D eigenvalue weighted by Gasteiger charge is 2.30. The molecule has 0 amide bonds. The third-order valence-corrected chi connectivity index (χ3v) is 2.18. The van der Waals surface area contributed by atoms with Crippen LogP contribution in [0.1, 0.15) is 6.92 Å². The largest absolute Gasteiger partial charge is 0.356 e. The van der Waals surface area contributed by atoms with Gasteiger partial charge < -0.3 is 9.64 Å². The van der Waals surface area contributed by atoms with Gasteiger partial charge >= 0.3 is 0 Å². The average Bonchev–Trinajstić information content (AvgIpc) is 2.51. The number of aliphatic imine (C=N–C) groups is 2. The summed E-state index contributed by atoms with van der Waals surface area (Å²) in [6.45, 7) is 3.26. The summed E-state index contributed by atoms with van der Waals surface area (Å²) in [5.41, 5.74) is 0. The zero-order valence-corrected chi connectivity index (χ0v) is 8.03. The molecule has 0 aromatic heterocycles. The number of hydrogen-bond acceptors (Lipinski definition) is 4. The molecule has 4 nitrogen and oxygen atoms in total. The third kappa shape index (κ3) is 1.47. The minimum Gasteiger partial charge on any atom is -0.356 e. The highest BCUT2D eigenvalue weighted by Crippen LogP contribution is 2.17. The first-order valence-corrected chi connectivity index (χ1v) is 4.55. The molecule has 0 N–H and O–H groups in total. The second kappa shape index (κ2) is 3.47. The van der Waals surface area contributed by atoms with Gasteiger partial charge in [0.05, 0.1) is 6.54 Å². The molecule has 5 heteroatoms. The molecular weight excluding hydrogens is 190 g/mol. The van der Waals surface area contributed by atoms with Gasteiger partial charge in [-0.2, -0.15) is 0 Å². The van der Waals surface area contributed by atoms with Crippen LogP contribution in [0.3, 0.4) is 0 Å². The van der Waals surface area contributed by atoms with Gasteiger partial charge in [0.1, 0.15) is 0 Å². The van der Waals surface area contributed by atoms with Gasteiger partial charge in [-0.1, -0.05) is 11.6 Å². The Balaban J connectivity index is 2.15. The molecule has 2 aliphatic rings. The van der Waals surface area contributed by atoms with Gasteiger partial charge in [0, 0.05) is 19.0 Å². The first-order chi connectivity index (χ1) is 6.33. The van der Waals surface area contributed by atoms with Crippen molar-refractivity contribution in [3.8, 4) is 0 Å². The minimum atomic E-state index is -0.0134. The summed E-state index contributed by atoms with van der Waals surface area (Å²) >= 11 is 5.85. The summed E-state index contributed by atoms with van der Waals surface area (Å²) in [5, 5.41) is 0.435. The molecule has 0 saturated carbocycles. The molecule has 1 unspecified atom stereocenters. The number of amidine groups is 1. The first-order valence-electron chi connectivity index (χ1n) is 4.17. The smallest absolute Gasteiger partial charge is 0.171 e. The summed E-state index contributed by atoms with van der Waals surface area (Å²) in [6.07, 6.45) is 3.47. The molecule has 2 heterocycles. The fourth-order valence-corrected chi connectivity index (χ4v) is 1.58. The Morgan fingerprint density at radius 1 is 1.77 bits per heavy atom. The molecule has 2 rings (SSSR count). The van der Waals surface area contributed by atoms with E-state index in [2.05, 4.69) is 9.98 Å². The molecule has 70 valence electrons. The number of nitrogens with zero attached hydrogens (tertiary/aromatic N) is 3. The molecular formula is C8H10ClN3O. The van der Waals surface area contributed by atoms with E-state index in [1.807, 2.05) is 18.0 Å². The van der Waals surface area contributed by atoms with Crippen LogP contribution in [-0.2, 0) is 4.74 Å². The van der Waals surface area contributed by atoms with Gasteiger partial charge in [0.15, 0.2) is 17.2 Å². The van der Waals surface area contributed by atoms with Crippen molar-refractivity contribution in [2.75, 3.05) is 13.2 Å². The Hall–Kier alpha value is -0.870. The first kappa shape index (κ1) is 8.72. The SMILES string of the molecule is CCOC1CN=C2C(Cl)=NC=CN21. The Labute approximate surface area is 81.6 Å². The van der Waals surface area contributed by atoms with E-state index in [1.54, 1.807) is 6.20 Å². The van der Waals surface area contributed by atoms with Crippen molar-refractivity contribution < 1.29 is 4.74 Å². The second-order valence-electron chi connectivity index (χ2n) is 2.70. The highest BCUT2D eigenvalue weighted by atomic mass is 35.5. The zero-order valence-electron chi connectivity index (χ0n) is 7.27. The lowest BCUT2D eigenvalue weighted by Crippen LogP contribution is -2.37. The molecule has 0 spiro atoms. The molecule has 0 aromatic rings.